The van der Waals surface area contributed by atoms with Gasteiger partial charge in [0.25, 0.3) is 5.91 Å². The molecular formula is C24H21ClN2O3. The molecule has 0 aliphatic heterocycles. The Balaban J connectivity index is 1.55. The molecular weight excluding hydrogens is 400 g/mol. The first kappa shape index (κ1) is 20.0. The number of benzene rings is 3. The van der Waals surface area contributed by atoms with Gasteiger partial charge < -0.3 is 14.5 Å². The Morgan fingerprint density at radius 2 is 1.83 bits per heavy atom. The molecule has 0 radical (unpaired) electrons. The number of carbonyl (C=O) groups excluding carboxylic acids is 1. The van der Waals surface area contributed by atoms with E-state index in [0.717, 1.165) is 16.7 Å². The topological polar surface area (TPSA) is 64.4 Å². The second kappa shape index (κ2) is 8.20. The predicted octanol–water partition coefficient (Wildman–Crippen LogP) is 6.53. The van der Waals surface area contributed by atoms with Crippen molar-refractivity contribution in [3.63, 3.8) is 0 Å². The molecule has 0 aliphatic carbocycles. The van der Waals surface area contributed by atoms with Crippen LogP contribution in [0.5, 0.6) is 5.75 Å². The monoisotopic (exact) mass is 420 g/mol. The van der Waals surface area contributed by atoms with Crippen LogP contribution in [-0.2, 0) is 0 Å². The molecule has 3 aromatic carbocycles. The van der Waals surface area contributed by atoms with Crippen molar-refractivity contribution in [1.82, 2.24) is 4.98 Å². The fraction of sp³-hybridized carbons (Fsp3) is 0.167. The van der Waals surface area contributed by atoms with Gasteiger partial charge in [-0.05, 0) is 66.1 Å². The smallest absolute Gasteiger partial charge is 0.259 e. The van der Waals surface area contributed by atoms with Gasteiger partial charge in [-0.15, -0.1) is 0 Å². The van der Waals surface area contributed by atoms with E-state index in [1.54, 1.807) is 30.3 Å². The van der Waals surface area contributed by atoms with Crippen molar-refractivity contribution in [3.05, 3.63) is 76.8 Å². The van der Waals surface area contributed by atoms with Crippen LogP contribution in [-0.4, -0.2) is 18.0 Å². The van der Waals surface area contributed by atoms with Gasteiger partial charge in [0.2, 0.25) is 5.89 Å². The van der Waals surface area contributed by atoms with Crippen molar-refractivity contribution in [1.29, 1.82) is 0 Å². The molecule has 0 bridgehead atoms. The number of oxazole rings is 1. The number of nitrogens with zero attached hydrogens (tertiary/aromatic N) is 1. The molecule has 1 heterocycles. The number of methoxy groups -OCH3 is 1. The highest BCUT2D eigenvalue weighted by molar-refractivity contribution is 6.31. The summed E-state index contributed by atoms with van der Waals surface area (Å²) in [4.78, 5) is 17.2. The molecule has 0 fully saturated rings. The second-order valence-corrected chi connectivity index (χ2v) is 7.71. The molecule has 1 aromatic heterocycles. The predicted molar refractivity (Wildman–Crippen MR) is 119 cm³/mol. The van der Waals surface area contributed by atoms with E-state index in [4.69, 9.17) is 20.8 Å². The summed E-state index contributed by atoms with van der Waals surface area (Å²) in [7, 11) is 1.51. The van der Waals surface area contributed by atoms with E-state index >= 15 is 0 Å². The largest absolute Gasteiger partial charge is 0.496 e. The zero-order valence-corrected chi connectivity index (χ0v) is 17.7. The molecule has 4 aromatic rings. The highest BCUT2D eigenvalue weighted by Crippen LogP contribution is 2.28. The van der Waals surface area contributed by atoms with Crippen LogP contribution in [0.2, 0.25) is 5.02 Å². The number of aromatic nitrogens is 1. The lowest BCUT2D eigenvalue weighted by atomic mass is 10.0. The van der Waals surface area contributed by atoms with E-state index in [1.165, 1.54) is 12.7 Å². The molecule has 0 atom stereocenters. The van der Waals surface area contributed by atoms with Gasteiger partial charge in [-0.1, -0.05) is 31.5 Å². The number of hydrogen-bond donors (Lipinski definition) is 1. The van der Waals surface area contributed by atoms with Gasteiger partial charge >= 0.3 is 0 Å². The van der Waals surface area contributed by atoms with Crippen LogP contribution in [0.1, 0.15) is 35.7 Å². The average molecular weight is 421 g/mol. The van der Waals surface area contributed by atoms with Crippen LogP contribution < -0.4 is 10.1 Å². The minimum atomic E-state index is -0.301. The molecule has 5 nitrogen and oxygen atoms in total. The number of ether oxygens (including phenoxy) is 1. The van der Waals surface area contributed by atoms with Gasteiger partial charge in [0.15, 0.2) is 5.58 Å². The highest BCUT2D eigenvalue weighted by Gasteiger charge is 2.14. The number of hydrogen-bond acceptors (Lipinski definition) is 4. The third kappa shape index (κ3) is 4.02. The highest BCUT2D eigenvalue weighted by atomic mass is 35.5. The van der Waals surface area contributed by atoms with E-state index in [-0.39, 0.29) is 5.91 Å². The Kier molecular flexibility index (Phi) is 5.46. The number of rotatable bonds is 5. The molecule has 1 amide bonds. The van der Waals surface area contributed by atoms with Gasteiger partial charge in [-0.3, -0.25) is 4.79 Å². The first-order chi connectivity index (χ1) is 14.4. The van der Waals surface area contributed by atoms with Crippen molar-refractivity contribution in [2.75, 3.05) is 12.4 Å². The number of fused-ring (bicyclic) bond motifs is 1. The quantitative estimate of drug-likeness (QED) is 0.398. The van der Waals surface area contributed by atoms with Crippen LogP contribution in [0.4, 0.5) is 5.69 Å². The molecule has 0 spiro atoms. The van der Waals surface area contributed by atoms with Crippen molar-refractivity contribution in [3.8, 4) is 17.2 Å². The van der Waals surface area contributed by atoms with E-state index in [9.17, 15) is 4.79 Å². The summed E-state index contributed by atoms with van der Waals surface area (Å²) >= 11 is 6.02. The maximum Gasteiger partial charge on any atom is 0.259 e. The Labute approximate surface area is 179 Å². The molecule has 152 valence electrons. The van der Waals surface area contributed by atoms with Crippen LogP contribution >= 0.6 is 11.6 Å². The number of carbonyl (C=O) groups is 1. The SMILES string of the molecule is COc1ccc(Cl)cc1C(=O)Nc1ccc(-c2nc3cc(C(C)C)ccc3o2)cc1. The lowest BCUT2D eigenvalue weighted by Crippen LogP contribution is -2.13. The second-order valence-electron chi connectivity index (χ2n) is 7.28. The average Bonchev–Trinajstić information content (AvgIpc) is 3.17. The molecule has 0 aliphatic rings. The zero-order valence-electron chi connectivity index (χ0n) is 16.9. The summed E-state index contributed by atoms with van der Waals surface area (Å²) in [6.07, 6.45) is 0. The molecule has 0 saturated heterocycles. The van der Waals surface area contributed by atoms with Crippen molar-refractivity contribution in [2.45, 2.75) is 19.8 Å². The normalized spacial score (nSPS) is 11.1. The Morgan fingerprint density at radius 1 is 1.07 bits per heavy atom. The van der Waals surface area contributed by atoms with Crippen LogP contribution in [0, 0.1) is 0 Å². The zero-order chi connectivity index (χ0) is 21.3. The Hall–Kier alpha value is -3.31. The first-order valence-electron chi connectivity index (χ1n) is 9.60. The van der Waals surface area contributed by atoms with Crippen molar-refractivity contribution >= 4 is 34.3 Å². The van der Waals surface area contributed by atoms with Crippen molar-refractivity contribution < 1.29 is 13.9 Å². The maximum atomic E-state index is 12.6. The molecule has 0 unspecified atom stereocenters. The van der Waals surface area contributed by atoms with E-state index in [2.05, 4.69) is 36.3 Å². The summed E-state index contributed by atoms with van der Waals surface area (Å²) in [5.41, 5.74) is 4.65. The van der Waals surface area contributed by atoms with Gasteiger partial charge in [0.1, 0.15) is 11.3 Å². The van der Waals surface area contributed by atoms with E-state index < -0.39 is 0 Å². The van der Waals surface area contributed by atoms with Crippen LogP contribution in [0.25, 0.3) is 22.6 Å². The van der Waals surface area contributed by atoms with Crippen LogP contribution in [0.3, 0.4) is 0 Å². The molecule has 30 heavy (non-hydrogen) atoms. The number of halogens is 1. The van der Waals surface area contributed by atoms with E-state index in [0.29, 0.717) is 33.8 Å². The number of amides is 1. The molecule has 4 rings (SSSR count). The van der Waals surface area contributed by atoms with Crippen molar-refractivity contribution in [2.24, 2.45) is 0 Å². The first-order valence-corrected chi connectivity index (χ1v) is 9.98. The minimum absolute atomic E-state index is 0.301. The third-order valence-corrected chi connectivity index (χ3v) is 5.11. The molecule has 0 saturated carbocycles. The number of anilines is 1. The van der Waals surface area contributed by atoms with E-state index in [1.807, 2.05) is 18.2 Å². The van der Waals surface area contributed by atoms with Gasteiger partial charge in [0.05, 0.1) is 12.7 Å². The summed E-state index contributed by atoms with van der Waals surface area (Å²) < 4.78 is 11.1. The molecule has 6 heteroatoms. The van der Waals surface area contributed by atoms with Gasteiger partial charge in [0, 0.05) is 16.3 Å². The fourth-order valence-corrected chi connectivity index (χ4v) is 3.35. The Morgan fingerprint density at radius 3 is 2.53 bits per heavy atom. The number of nitrogens with one attached hydrogen (secondary N) is 1. The Bertz CT molecular complexity index is 1210. The summed E-state index contributed by atoms with van der Waals surface area (Å²) in [5, 5.41) is 3.32. The fourth-order valence-electron chi connectivity index (χ4n) is 3.18. The van der Waals surface area contributed by atoms with Crippen LogP contribution in [0.15, 0.2) is 65.1 Å². The minimum Gasteiger partial charge on any atom is -0.496 e. The lowest BCUT2D eigenvalue weighted by molar-refractivity contribution is 0.102. The van der Waals surface area contributed by atoms with Gasteiger partial charge in [-0.25, -0.2) is 4.98 Å². The van der Waals surface area contributed by atoms with Gasteiger partial charge in [-0.2, -0.15) is 0 Å². The lowest BCUT2D eigenvalue weighted by Gasteiger charge is -2.10. The maximum absolute atomic E-state index is 12.6. The summed E-state index contributed by atoms with van der Waals surface area (Å²) in [6.45, 7) is 4.29. The molecule has 1 N–H and O–H groups in total. The summed E-state index contributed by atoms with van der Waals surface area (Å²) in [6, 6.07) is 18.3. The third-order valence-electron chi connectivity index (χ3n) is 4.87. The summed E-state index contributed by atoms with van der Waals surface area (Å²) in [5.74, 6) is 1.13. The standard InChI is InChI=1S/C24H21ClN2O3/c1-14(2)16-6-10-22-20(12-16)27-24(30-22)15-4-8-18(9-5-15)26-23(28)19-13-17(25)7-11-21(19)29-3/h4-14H,1-3H3,(H,26,28).